The predicted molar refractivity (Wildman–Crippen MR) is 112 cm³/mol. The third kappa shape index (κ3) is 6.52. The van der Waals surface area contributed by atoms with Crippen LogP contribution in [0.15, 0.2) is 4.99 Å². The summed E-state index contributed by atoms with van der Waals surface area (Å²) in [4.78, 5) is 7.51. The molecule has 2 N–H and O–H groups in total. The standard InChI is InChI=1S/C18H34N4O2.HI/c1-2-19-18(21-16-5-3-4-6-16)20-13-17(15-7-10-24-14-15)22-8-11-23-12-9-22;/h15-17H,2-14H2,1H3,(H2,19,20,21);1H. The van der Waals surface area contributed by atoms with Gasteiger partial charge < -0.3 is 20.1 Å². The molecule has 1 saturated carbocycles. The summed E-state index contributed by atoms with van der Waals surface area (Å²) in [7, 11) is 0. The van der Waals surface area contributed by atoms with Crippen LogP contribution in [0.25, 0.3) is 0 Å². The van der Waals surface area contributed by atoms with Gasteiger partial charge in [-0.1, -0.05) is 12.8 Å². The Hall–Kier alpha value is -0.120. The minimum atomic E-state index is 0. The number of nitrogens with one attached hydrogen (secondary N) is 2. The molecule has 6 nitrogen and oxygen atoms in total. The molecule has 7 heteroatoms. The zero-order chi connectivity index (χ0) is 16.6. The molecule has 0 aromatic carbocycles. The molecule has 146 valence electrons. The lowest BCUT2D eigenvalue weighted by molar-refractivity contribution is 0.00368. The Kier molecular flexibility index (Phi) is 9.80. The van der Waals surface area contributed by atoms with Crippen molar-refractivity contribution < 1.29 is 9.47 Å². The molecule has 3 aliphatic rings. The number of morpholine rings is 1. The van der Waals surface area contributed by atoms with E-state index < -0.39 is 0 Å². The summed E-state index contributed by atoms with van der Waals surface area (Å²) in [6.45, 7) is 9.38. The summed E-state index contributed by atoms with van der Waals surface area (Å²) in [6.07, 6.45) is 6.38. The van der Waals surface area contributed by atoms with Gasteiger partial charge in [0, 0.05) is 44.2 Å². The zero-order valence-electron chi connectivity index (χ0n) is 15.5. The van der Waals surface area contributed by atoms with Crippen LogP contribution < -0.4 is 10.6 Å². The van der Waals surface area contributed by atoms with E-state index in [1.165, 1.54) is 25.7 Å². The highest BCUT2D eigenvalue weighted by atomic mass is 127. The maximum atomic E-state index is 5.65. The summed E-state index contributed by atoms with van der Waals surface area (Å²) in [5.74, 6) is 1.59. The maximum absolute atomic E-state index is 5.65. The summed E-state index contributed by atoms with van der Waals surface area (Å²) < 4.78 is 11.2. The second kappa shape index (κ2) is 11.6. The van der Waals surface area contributed by atoms with Crippen molar-refractivity contribution in [1.82, 2.24) is 15.5 Å². The van der Waals surface area contributed by atoms with Gasteiger partial charge in [0.25, 0.3) is 0 Å². The van der Waals surface area contributed by atoms with Gasteiger partial charge in [0.15, 0.2) is 5.96 Å². The van der Waals surface area contributed by atoms with Gasteiger partial charge in [-0.3, -0.25) is 9.89 Å². The smallest absolute Gasteiger partial charge is 0.191 e. The molecular weight excluding hydrogens is 431 g/mol. The Morgan fingerprint density at radius 2 is 1.88 bits per heavy atom. The van der Waals surface area contributed by atoms with Crippen LogP contribution >= 0.6 is 24.0 Å². The number of aliphatic imine (C=N–C) groups is 1. The highest BCUT2D eigenvalue weighted by Gasteiger charge is 2.31. The van der Waals surface area contributed by atoms with Crippen LogP contribution in [0.4, 0.5) is 0 Å². The van der Waals surface area contributed by atoms with E-state index in [4.69, 9.17) is 14.5 Å². The lowest BCUT2D eigenvalue weighted by atomic mass is 9.97. The minimum absolute atomic E-state index is 0. The quantitative estimate of drug-likeness (QED) is 0.356. The van der Waals surface area contributed by atoms with Gasteiger partial charge in [-0.2, -0.15) is 0 Å². The van der Waals surface area contributed by atoms with Gasteiger partial charge in [0.1, 0.15) is 0 Å². The van der Waals surface area contributed by atoms with E-state index in [1.54, 1.807) is 0 Å². The Morgan fingerprint density at radius 1 is 1.12 bits per heavy atom. The Balaban J connectivity index is 0.00000225. The second-order valence-electron chi connectivity index (χ2n) is 7.18. The molecule has 3 rings (SSSR count). The Bertz CT molecular complexity index is 393. The van der Waals surface area contributed by atoms with Crippen molar-refractivity contribution in [3.63, 3.8) is 0 Å². The van der Waals surface area contributed by atoms with Crippen LogP contribution in [0.5, 0.6) is 0 Å². The molecule has 2 aliphatic heterocycles. The molecule has 2 saturated heterocycles. The van der Waals surface area contributed by atoms with Gasteiger partial charge in [0.2, 0.25) is 0 Å². The maximum Gasteiger partial charge on any atom is 0.191 e. The topological polar surface area (TPSA) is 58.1 Å². The first-order valence-electron chi connectivity index (χ1n) is 9.81. The number of ether oxygens (including phenoxy) is 2. The SMILES string of the molecule is CCNC(=NCC(C1CCOC1)N1CCOCC1)NC1CCCC1.I. The highest BCUT2D eigenvalue weighted by molar-refractivity contribution is 14.0. The normalized spacial score (nSPS) is 27.1. The van der Waals surface area contributed by atoms with Crippen LogP contribution in [0, 0.1) is 5.92 Å². The van der Waals surface area contributed by atoms with E-state index >= 15 is 0 Å². The molecule has 3 fully saturated rings. The number of hydrogen-bond acceptors (Lipinski definition) is 4. The second-order valence-corrected chi connectivity index (χ2v) is 7.18. The monoisotopic (exact) mass is 466 g/mol. The molecule has 1 aliphatic carbocycles. The lowest BCUT2D eigenvalue weighted by Crippen LogP contribution is -2.49. The summed E-state index contributed by atoms with van der Waals surface area (Å²) in [6, 6.07) is 1.06. The molecule has 0 bridgehead atoms. The molecule has 0 aromatic heterocycles. The van der Waals surface area contributed by atoms with E-state index in [2.05, 4.69) is 22.5 Å². The number of nitrogens with zero attached hydrogens (tertiary/aromatic N) is 2. The third-order valence-corrected chi connectivity index (χ3v) is 5.50. The van der Waals surface area contributed by atoms with Crippen molar-refractivity contribution in [2.24, 2.45) is 10.9 Å². The number of rotatable bonds is 6. The van der Waals surface area contributed by atoms with E-state index in [9.17, 15) is 0 Å². The fraction of sp³-hybridized carbons (Fsp3) is 0.944. The first kappa shape index (κ1) is 21.2. The van der Waals surface area contributed by atoms with Crippen molar-refractivity contribution >= 4 is 29.9 Å². The number of hydrogen-bond donors (Lipinski definition) is 2. The van der Waals surface area contributed by atoms with Crippen LogP contribution in [0.1, 0.15) is 39.0 Å². The fourth-order valence-electron chi connectivity index (χ4n) is 4.10. The molecule has 25 heavy (non-hydrogen) atoms. The van der Waals surface area contributed by atoms with Crippen molar-refractivity contribution in [1.29, 1.82) is 0 Å². The minimum Gasteiger partial charge on any atom is -0.381 e. The van der Waals surface area contributed by atoms with Crippen molar-refractivity contribution in [2.75, 3.05) is 52.6 Å². The molecule has 0 radical (unpaired) electrons. The van der Waals surface area contributed by atoms with Gasteiger partial charge in [-0.05, 0) is 26.2 Å². The van der Waals surface area contributed by atoms with E-state index in [1.807, 2.05) is 0 Å². The molecule has 0 aromatic rings. The van der Waals surface area contributed by atoms with Crippen molar-refractivity contribution in [2.45, 2.75) is 51.1 Å². The van der Waals surface area contributed by atoms with Gasteiger partial charge >= 0.3 is 0 Å². The van der Waals surface area contributed by atoms with Crippen molar-refractivity contribution in [3.8, 4) is 0 Å². The molecular formula is C18H35IN4O2. The highest BCUT2D eigenvalue weighted by Crippen LogP contribution is 2.23. The number of halogens is 1. The molecule has 2 unspecified atom stereocenters. The van der Waals surface area contributed by atoms with Gasteiger partial charge in [0.05, 0.1) is 26.4 Å². The van der Waals surface area contributed by atoms with Gasteiger partial charge in [-0.15, -0.1) is 24.0 Å². The van der Waals surface area contributed by atoms with E-state index in [0.717, 1.165) is 65.0 Å². The van der Waals surface area contributed by atoms with E-state index in [0.29, 0.717) is 18.0 Å². The predicted octanol–water partition coefficient (Wildman–Crippen LogP) is 1.84. The molecule has 2 atom stereocenters. The van der Waals surface area contributed by atoms with Crippen molar-refractivity contribution in [3.05, 3.63) is 0 Å². The first-order valence-corrected chi connectivity index (χ1v) is 9.81. The average molecular weight is 466 g/mol. The number of guanidine groups is 1. The average Bonchev–Trinajstić information content (AvgIpc) is 3.30. The van der Waals surface area contributed by atoms with Crippen LogP contribution in [-0.2, 0) is 9.47 Å². The lowest BCUT2D eigenvalue weighted by Gasteiger charge is -2.36. The van der Waals surface area contributed by atoms with Crippen LogP contribution in [0.3, 0.4) is 0 Å². The third-order valence-electron chi connectivity index (χ3n) is 5.50. The summed E-state index contributed by atoms with van der Waals surface area (Å²) in [5, 5.41) is 7.05. The summed E-state index contributed by atoms with van der Waals surface area (Å²) >= 11 is 0. The fourth-order valence-corrected chi connectivity index (χ4v) is 4.10. The van der Waals surface area contributed by atoms with Gasteiger partial charge in [-0.25, -0.2) is 0 Å². The summed E-state index contributed by atoms with van der Waals surface area (Å²) in [5.41, 5.74) is 0. The Labute approximate surface area is 169 Å². The molecule has 0 spiro atoms. The largest absolute Gasteiger partial charge is 0.381 e. The Morgan fingerprint density at radius 3 is 2.52 bits per heavy atom. The van der Waals surface area contributed by atoms with Crippen LogP contribution in [-0.4, -0.2) is 75.5 Å². The van der Waals surface area contributed by atoms with E-state index in [-0.39, 0.29) is 24.0 Å². The zero-order valence-corrected chi connectivity index (χ0v) is 17.9. The molecule has 2 heterocycles. The first-order chi connectivity index (χ1) is 11.9. The van der Waals surface area contributed by atoms with Crippen LogP contribution in [0.2, 0.25) is 0 Å². The molecule has 0 amide bonds.